The summed E-state index contributed by atoms with van der Waals surface area (Å²) in [5, 5.41) is 0. The Labute approximate surface area is 91.6 Å². The number of ether oxygens (including phenoxy) is 3. The van der Waals surface area contributed by atoms with Crippen LogP contribution in [0.25, 0.3) is 0 Å². The van der Waals surface area contributed by atoms with Crippen LogP contribution in [0.4, 0.5) is 0 Å². The van der Waals surface area contributed by atoms with Gasteiger partial charge in [0.25, 0.3) is 0 Å². The van der Waals surface area contributed by atoms with Gasteiger partial charge in [-0.1, -0.05) is 0 Å². The number of hydrogen-bond acceptors (Lipinski definition) is 3. The van der Waals surface area contributed by atoms with Gasteiger partial charge >= 0.3 is 91.2 Å². The van der Waals surface area contributed by atoms with Crippen LogP contribution < -0.4 is 9.47 Å². The van der Waals surface area contributed by atoms with Gasteiger partial charge in [0.05, 0.1) is 0 Å². The fourth-order valence-corrected chi connectivity index (χ4v) is 1.47. The van der Waals surface area contributed by atoms with Gasteiger partial charge in [0.15, 0.2) is 0 Å². The zero-order valence-electron chi connectivity index (χ0n) is 8.37. The predicted octanol–water partition coefficient (Wildman–Crippen LogP) is 1.38. The molecule has 0 atom stereocenters. The maximum absolute atomic E-state index is 5.21. The van der Waals surface area contributed by atoms with Crippen molar-refractivity contribution in [1.29, 1.82) is 0 Å². The number of rotatable bonds is 4. The molecule has 0 radical (unpaired) electrons. The van der Waals surface area contributed by atoms with Gasteiger partial charge in [0.2, 0.25) is 0 Å². The van der Waals surface area contributed by atoms with Crippen molar-refractivity contribution in [3.05, 3.63) is 23.8 Å². The zero-order chi connectivity index (χ0) is 10.6. The Balaban J connectivity index is 3.25. The van der Waals surface area contributed by atoms with Gasteiger partial charge < -0.3 is 0 Å². The molecular weight excluding hydrogens is 220 g/mol. The Morgan fingerprint density at radius 1 is 1.07 bits per heavy atom. The molecule has 0 amide bonds. The van der Waals surface area contributed by atoms with Crippen LogP contribution in [0.2, 0.25) is 0 Å². The first-order valence-corrected chi connectivity index (χ1v) is 4.67. The van der Waals surface area contributed by atoms with Crippen LogP contribution in [-0.2, 0) is 20.6 Å². The summed E-state index contributed by atoms with van der Waals surface area (Å²) in [6.07, 6.45) is 0. The number of benzene rings is 1. The fourth-order valence-electron chi connectivity index (χ4n) is 1.15. The van der Waals surface area contributed by atoms with Crippen molar-refractivity contribution in [2.24, 2.45) is 0 Å². The van der Waals surface area contributed by atoms with Gasteiger partial charge in [-0.05, 0) is 0 Å². The Morgan fingerprint density at radius 2 is 1.57 bits per heavy atom. The van der Waals surface area contributed by atoms with Crippen LogP contribution in [0.15, 0.2) is 18.2 Å². The summed E-state index contributed by atoms with van der Waals surface area (Å²) < 4.78 is 16.2. The van der Waals surface area contributed by atoms with Crippen LogP contribution in [0.5, 0.6) is 11.5 Å². The van der Waals surface area contributed by atoms with Gasteiger partial charge in [-0.3, -0.25) is 0 Å². The van der Waals surface area contributed by atoms with Crippen molar-refractivity contribution in [1.82, 2.24) is 0 Å². The van der Waals surface area contributed by atoms with Crippen molar-refractivity contribution in [2.45, 2.75) is 0 Å². The van der Waals surface area contributed by atoms with E-state index >= 15 is 0 Å². The number of methoxy groups -OCH3 is 3. The van der Waals surface area contributed by atoms with Gasteiger partial charge in [-0.2, -0.15) is 0 Å². The summed E-state index contributed by atoms with van der Waals surface area (Å²) in [5.74, 6) is 1.44. The second-order valence-corrected chi connectivity index (χ2v) is 3.11. The standard InChI is InChI=1S/C10H12O3.Cr/c1-11-7-8-9(12-2)5-4-6-10(8)13-3;/h4-6H,1-3H3;. The first-order valence-electron chi connectivity index (χ1n) is 4.04. The van der Waals surface area contributed by atoms with E-state index in [1.807, 2.05) is 18.2 Å². The molecule has 14 heavy (non-hydrogen) atoms. The van der Waals surface area contributed by atoms with E-state index in [4.69, 9.17) is 14.2 Å². The molecule has 0 spiro atoms. The molecule has 0 aliphatic rings. The monoisotopic (exact) mass is 232 g/mol. The van der Waals surface area contributed by atoms with Gasteiger partial charge in [-0.25, -0.2) is 0 Å². The van der Waals surface area contributed by atoms with E-state index in [0.29, 0.717) is 4.57 Å². The summed E-state index contributed by atoms with van der Waals surface area (Å²) in [7, 11) is 4.82. The summed E-state index contributed by atoms with van der Waals surface area (Å²) in [5.41, 5.74) is 0.806. The van der Waals surface area contributed by atoms with Crippen LogP contribution in [0, 0.1) is 0 Å². The van der Waals surface area contributed by atoms with E-state index in [2.05, 4.69) is 15.9 Å². The molecule has 0 aromatic heterocycles. The Hall–Kier alpha value is -0.818. The van der Waals surface area contributed by atoms with Gasteiger partial charge in [0.1, 0.15) is 0 Å². The fraction of sp³-hybridized carbons (Fsp3) is 0.300. The summed E-state index contributed by atoms with van der Waals surface area (Å²) >= 11 is 2.83. The van der Waals surface area contributed by atoms with Crippen molar-refractivity contribution in [3.8, 4) is 11.5 Å². The molecule has 0 saturated heterocycles. The predicted molar refractivity (Wildman–Crippen MR) is 50.7 cm³/mol. The van der Waals surface area contributed by atoms with Crippen LogP contribution in [0.3, 0.4) is 0 Å². The summed E-state index contributed by atoms with van der Waals surface area (Å²) in [4.78, 5) is 0. The topological polar surface area (TPSA) is 27.7 Å². The number of hydrogen-bond donors (Lipinski definition) is 0. The zero-order valence-corrected chi connectivity index (χ0v) is 9.64. The Kier molecular flexibility index (Phi) is 4.15. The molecule has 0 aliphatic heterocycles. The molecule has 4 heteroatoms. The molecule has 0 N–H and O–H groups in total. The van der Waals surface area contributed by atoms with E-state index in [9.17, 15) is 0 Å². The Bertz CT molecular complexity index is 314. The average Bonchev–Trinajstić information content (AvgIpc) is 2.26. The quantitative estimate of drug-likeness (QED) is 0.784. The van der Waals surface area contributed by atoms with E-state index in [1.54, 1.807) is 21.3 Å². The van der Waals surface area contributed by atoms with Gasteiger partial charge in [-0.15, -0.1) is 0 Å². The van der Waals surface area contributed by atoms with Gasteiger partial charge in [0, 0.05) is 0 Å². The molecule has 0 fully saturated rings. The molecule has 1 rings (SSSR count). The molecular formula is C10H12CrO3. The van der Waals surface area contributed by atoms with E-state index < -0.39 is 0 Å². The van der Waals surface area contributed by atoms with Crippen LogP contribution in [0.1, 0.15) is 5.56 Å². The normalized spacial score (nSPS) is 9.64. The van der Waals surface area contributed by atoms with Crippen molar-refractivity contribution in [3.63, 3.8) is 0 Å². The van der Waals surface area contributed by atoms with E-state index in [1.165, 1.54) is 0 Å². The van der Waals surface area contributed by atoms with Crippen molar-refractivity contribution in [2.75, 3.05) is 21.3 Å². The molecule has 0 saturated carbocycles. The molecule has 1 aromatic carbocycles. The molecule has 1 aromatic rings. The molecule has 3 nitrogen and oxygen atoms in total. The molecule has 0 aliphatic carbocycles. The maximum atomic E-state index is 5.21. The van der Waals surface area contributed by atoms with Crippen LogP contribution >= 0.6 is 0 Å². The molecule has 0 unspecified atom stereocenters. The van der Waals surface area contributed by atoms with Crippen LogP contribution in [-0.4, -0.2) is 25.9 Å². The van der Waals surface area contributed by atoms with Crippen molar-refractivity contribution >= 4 is 4.57 Å². The van der Waals surface area contributed by atoms with Crippen molar-refractivity contribution < 1.29 is 30.1 Å². The minimum absolute atomic E-state index is 0.652. The summed E-state index contributed by atoms with van der Waals surface area (Å²) in [6, 6.07) is 5.58. The minimum atomic E-state index is 0.652. The van der Waals surface area contributed by atoms with E-state index in [0.717, 1.165) is 17.1 Å². The third kappa shape index (κ3) is 2.16. The molecule has 0 heterocycles. The first-order chi connectivity index (χ1) is 6.74. The summed E-state index contributed by atoms with van der Waals surface area (Å²) in [6.45, 7) is 0. The Morgan fingerprint density at radius 3 is 1.93 bits per heavy atom. The third-order valence-corrected chi connectivity index (χ3v) is 2.40. The van der Waals surface area contributed by atoms with E-state index in [-0.39, 0.29) is 0 Å². The SMILES string of the molecule is CO[C](=[Cr])c1c(OC)cccc1OC. The first kappa shape index (κ1) is 11.3. The molecule has 76 valence electrons. The third-order valence-electron chi connectivity index (χ3n) is 1.82. The average molecular weight is 232 g/mol. The second-order valence-electron chi connectivity index (χ2n) is 2.53. The second kappa shape index (κ2) is 5.16. The molecule has 0 bridgehead atoms.